The van der Waals surface area contributed by atoms with E-state index in [1.54, 1.807) is 13.2 Å². The topological polar surface area (TPSA) is 88.1 Å². The van der Waals surface area contributed by atoms with Crippen molar-refractivity contribution in [2.24, 2.45) is 5.92 Å². The molecule has 0 aromatic heterocycles. The minimum Gasteiger partial charge on any atom is -0.497 e. The van der Waals surface area contributed by atoms with Crippen LogP contribution in [-0.2, 0) is 4.79 Å². The summed E-state index contributed by atoms with van der Waals surface area (Å²) in [6.07, 6.45) is 0.280. The molecule has 0 saturated carbocycles. The number of urea groups is 1. The maximum Gasteiger partial charge on any atom is 0.317 e. The molecule has 1 aliphatic rings. The summed E-state index contributed by atoms with van der Waals surface area (Å²) in [6.45, 7) is 2.91. The van der Waals surface area contributed by atoms with Crippen molar-refractivity contribution in [1.82, 2.24) is 10.2 Å². The van der Waals surface area contributed by atoms with E-state index >= 15 is 0 Å². The quantitative estimate of drug-likeness (QED) is 0.830. The minimum absolute atomic E-state index is 0.219. The number of hydrogen-bond acceptors (Lipinski definition) is 4. The molecule has 2 atom stereocenters. The van der Waals surface area contributed by atoms with E-state index in [0.29, 0.717) is 31.0 Å². The lowest BCUT2D eigenvalue weighted by Gasteiger charge is -2.20. The molecule has 0 spiro atoms. The first-order chi connectivity index (χ1) is 11.0. The first kappa shape index (κ1) is 16.9. The predicted octanol–water partition coefficient (Wildman–Crippen LogP) is 1.58. The Hall–Kier alpha value is -2.44. The van der Waals surface area contributed by atoms with Gasteiger partial charge in [0, 0.05) is 19.2 Å². The van der Waals surface area contributed by atoms with E-state index < -0.39 is 11.9 Å². The van der Waals surface area contributed by atoms with Crippen molar-refractivity contribution in [3.63, 3.8) is 0 Å². The monoisotopic (exact) mass is 322 g/mol. The van der Waals surface area contributed by atoms with Gasteiger partial charge in [0.2, 0.25) is 0 Å². The summed E-state index contributed by atoms with van der Waals surface area (Å²) in [6, 6.07) is 6.99. The van der Waals surface area contributed by atoms with Gasteiger partial charge in [-0.15, -0.1) is 0 Å². The largest absolute Gasteiger partial charge is 0.497 e. The molecule has 1 heterocycles. The lowest BCUT2D eigenvalue weighted by molar-refractivity contribution is -0.141. The Kier molecular flexibility index (Phi) is 5.67. The average molecular weight is 322 g/mol. The summed E-state index contributed by atoms with van der Waals surface area (Å²) in [5.41, 5.74) is 0. The normalized spacial score (nSPS) is 18.3. The van der Waals surface area contributed by atoms with Gasteiger partial charge in [0.15, 0.2) is 0 Å². The molecule has 1 fully saturated rings. The second kappa shape index (κ2) is 7.71. The Morgan fingerprint density at radius 1 is 1.43 bits per heavy atom. The third-order valence-corrected chi connectivity index (χ3v) is 3.74. The van der Waals surface area contributed by atoms with E-state index in [2.05, 4.69) is 5.32 Å². The van der Waals surface area contributed by atoms with Crippen molar-refractivity contribution < 1.29 is 24.2 Å². The van der Waals surface area contributed by atoms with Gasteiger partial charge in [0.25, 0.3) is 0 Å². The van der Waals surface area contributed by atoms with E-state index in [1.807, 2.05) is 25.1 Å². The van der Waals surface area contributed by atoms with Gasteiger partial charge in [-0.3, -0.25) is 4.79 Å². The van der Waals surface area contributed by atoms with Crippen LogP contribution in [-0.4, -0.2) is 54.9 Å². The number of carbonyl (C=O) groups excluding carboxylic acids is 1. The molecule has 1 aromatic carbocycles. The second-order valence-corrected chi connectivity index (χ2v) is 5.56. The van der Waals surface area contributed by atoms with Crippen LogP contribution in [0.2, 0.25) is 0 Å². The average Bonchev–Trinajstić information content (AvgIpc) is 3.03. The van der Waals surface area contributed by atoms with Gasteiger partial charge >= 0.3 is 12.0 Å². The number of ether oxygens (including phenoxy) is 2. The molecule has 7 heteroatoms. The molecule has 2 unspecified atom stereocenters. The van der Waals surface area contributed by atoms with Crippen LogP contribution in [0.3, 0.4) is 0 Å². The summed E-state index contributed by atoms with van der Waals surface area (Å²) >= 11 is 0. The lowest BCUT2D eigenvalue weighted by Crippen LogP contribution is -2.42. The highest BCUT2D eigenvalue weighted by molar-refractivity contribution is 5.77. The van der Waals surface area contributed by atoms with Crippen LogP contribution in [0, 0.1) is 5.92 Å². The van der Waals surface area contributed by atoms with Gasteiger partial charge in [-0.1, -0.05) is 6.07 Å². The second-order valence-electron chi connectivity index (χ2n) is 5.56. The number of hydrogen-bond donors (Lipinski definition) is 2. The van der Waals surface area contributed by atoms with E-state index in [0.717, 1.165) is 0 Å². The third-order valence-electron chi connectivity index (χ3n) is 3.74. The Labute approximate surface area is 135 Å². The van der Waals surface area contributed by atoms with Gasteiger partial charge in [-0.25, -0.2) is 4.79 Å². The molecule has 2 amide bonds. The number of methoxy groups -OCH3 is 1. The van der Waals surface area contributed by atoms with E-state index in [1.165, 1.54) is 4.90 Å². The Morgan fingerprint density at radius 2 is 2.17 bits per heavy atom. The van der Waals surface area contributed by atoms with Crippen molar-refractivity contribution in [1.29, 1.82) is 0 Å². The van der Waals surface area contributed by atoms with Crippen LogP contribution in [0.5, 0.6) is 11.5 Å². The predicted molar refractivity (Wildman–Crippen MR) is 83.8 cm³/mol. The van der Waals surface area contributed by atoms with Gasteiger partial charge in [-0.05, 0) is 25.5 Å². The van der Waals surface area contributed by atoms with Crippen LogP contribution in [0.1, 0.15) is 13.3 Å². The zero-order valence-corrected chi connectivity index (χ0v) is 13.3. The van der Waals surface area contributed by atoms with Crippen LogP contribution in [0.15, 0.2) is 24.3 Å². The fraction of sp³-hybridized carbons (Fsp3) is 0.500. The molecule has 0 aliphatic carbocycles. The van der Waals surface area contributed by atoms with Crippen LogP contribution >= 0.6 is 0 Å². The maximum absolute atomic E-state index is 12.0. The fourth-order valence-corrected chi connectivity index (χ4v) is 2.44. The van der Waals surface area contributed by atoms with Gasteiger partial charge in [0.05, 0.1) is 19.6 Å². The zero-order chi connectivity index (χ0) is 16.8. The zero-order valence-electron chi connectivity index (χ0n) is 13.3. The SMILES string of the molecule is COc1cccc(OC(C)CNC(=O)N2CCC(C(=O)O)C2)c1. The smallest absolute Gasteiger partial charge is 0.317 e. The number of carbonyl (C=O) groups is 2. The number of nitrogens with one attached hydrogen (secondary N) is 1. The molecule has 2 rings (SSSR count). The van der Waals surface area contributed by atoms with Gasteiger partial charge in [-0.2, -0.15) is 0 Å². The van der Waals surface area contributed by atoms with Gasteiger partial charge in [0.1, 0.15) is 17.6 Å². The van der Waals surface area contributed by atoms with Gasteiger partial charge < -0.3 is 24.8 Å². The molecule has 1 aromatic rings. The molecule has 1 saturated heterocycles. The van der Waals surface area contributed by atoms with E-state index in [4.69, 9.17) is 14.6 Å². The van der Waals surface area contributed by atoms with Crippen LogP contribution in [0.4, 0.5) is 4.79 Å². The lowest BCUT2D eigenvalue weighted by atomic mass is 10.1. The van der Waals surface area contributed by atoms with Crippen molar-refractivity contribution in [3.05, 3.63) is 24.3 Å². The van der Waals surface area contributed by atoms with E-state index in [-0.39, 0.29) is 18.7 Å². The number of rotatable bonds is 6. The summed E-state index contributed by atoms with van der Waals surface area (Å²) in [5, 5.41) is 11.7. The Morgan fingerprint density at radius 3 is 2.83 bits per heavy atom. The standard InChI is InChI=1S/C16H22N2O5/c1-11(23-14-5-3-4-13(8-14)22-2)9-17-16(21)18-7-6-12(10-18)15(19)20/h3-5,8,11-12H,6-7,9-10H2,1-2H3,(H,17,21)(H,19,20). The first-order valence-corrected chi connectivity index (χ1v) is 7.56. The number of likely N-dealkylation sites (tertiary alicyclic amines) is 1. The van der Waals surface area contributed by atoms with E-state index in [9.17, 15) is 9.59 Å². The molecule has 23 heavy (non-hydrogen) atoms. The summed E-state index contributed by atoms with van der Waals surface area (Å²) < 4.78 is 10.8. The number of benzene rings is 1. The van der Waals surface area contributed by atoms with Crippen molar-refractivity contribution in [2.45, 2.75) is 19.4 Å². The molecular formula is C16H22N2O5. The summed E-state index contributed by atoms with van der Waals surface area (Å²) in [7, 11) is 1.59. The van der Waals surface area contributed by atoms with Crippen LogP contribution in [0.25, 0.3) is 0 Å². The molecule has 0 radical (unpaired) electrons. The highest BCUT2D eigenvalue weighted by Gasteiger charge is 2.30. The molecule has 0 bridgehead atoms. The first-order valence-electron chi connectivity index (χ1n) is 7.56. The Balaban J connectivity index is 1.76. The third kappa shape index (κ3) is 4.77. The minimum atomic E-state index is -0.852. The molecule has 2 N–H and O–H groups in total. The van der Waals surface area contributed by atoms with Crippen molar-refractivity contribution in [3.8, 4) is 11.5 Å². The van der Waals surface area contributed by atoms with Crippen molar-refractivity contribution >= 4 is 12.0 Å². The number of nitrogens with zero attached hydrogens (tertiary/aromatic N) is 1. The molecule has 7 nitrogen and oxygen atoms in total. The van der Waals surface area contributed by atoms with Crippen LogP contribution < -0.4 is 14.8 Å². The number of carboxylic acid groups (broad SMARTS) is 1. The highest BCUT2D eigenvalue weighted by Crippen LogP contribution is 2.20. The summed E-state index contributed by atoms with van der Waals surface area (Å²) in [4.78, 5) is 24.4. The Bertz CT molecular complexity index is 563. The highest BCUT2D eigenvalue weighted by atomic mass is 16.5. The number of aliphatic carboxylic acids is 1. The van der Waals surface area contributed by atoms with Crippen molar-refractivity contribution in [2.75, 3.05) is 26.7 Å². The molecule has 126 valence electrons. The number of carboxylic acids is 1. The fourth-order valence-electron chi connectivity index (χ4n) is 2.44. The number of amides is 2. The maximum atomic E-state index is 12.0. The molecular weight excluding hydrogens is 300 g/mol. The summed E-state index contributed by atoms with van der Waals surface area (Å²) in [5.74, 6) is 0.0509. The molecule has 1 aliphatic heterocycles.